The zero-order valence-corrected chi connectivity index (χ0v) is 23.8. The topological polar surface area (TPSA) is 82.2 Å². The van der Waals surface area contributed by atoms with Gasteiger partial charge in [-0.1, -0.05) is 29.8 Å². The number of nitrogens with zero attached hydrogens (tertiary/aromatic N) is 3. The van der Waals surface area contributed by atoms with Crippen molar-refractivity contribution in [3.05, 3.63) is 81.5 Å². The molecule has 0 saturated carbocycles. The van der Waals surface area contributed by atoms with E-state index in [0.29, 0.717) is 30.2 Å². The Balaban J connectivity index is 1.68. The summed E-state index contributed by atoms with van der Waals surface area (Å²) in [5.74, 6) is -0.941. The van der Waals surface area contributed by atoms with E-state index in [1.54, 1.807) is 43.0 Å². The van der Waals surface area contributed by atoms with Crippen LogP contribution in [0.2, 0.25) is 5.02 Å². The molecule has 8 nitrogen and oxygen atoms in total. The van der Waals surface area contributed by atoms with E-state index in [1.807, 2.05) is 11.8 Å². The molecule has 41 heavy (non-hydrogen) atoms. The number of ether oxygens (including phenoxy) is 1. The number of hydrogen-bond acceptors (Lipinski definition) is 5. The van der Waals surface area contributed by atoms with E-state index in [1.165, 1.54) is 23.1 Å². The first kappa shape index (κ1) is 30.4. The maximum Gasteiger partial charge on any atom is 0.416 e. The lowest BCUT2D eigenvalue weighted by atomic mass is 9.90. The van der Waals surface area contributed by atoms with Crippen molar-refractivity contribution < 1.29 is 32.3 Å². The maximum absolute atomic E-state index is 14.0. The number of hydrogen-bond donors (Lipinski definition) is 1. The van der Waals surface area contributed by atoms with E-state index in [4.69, 9.17) is 16.3 Å². The van der Waals surface area contributed by atoms with Gasteiger partial charge in [0.1, 0.15) is 0 Å². The van der Waals surface area contributed by atoms with Crippen molar-refractivity contribution in [3.8, 4) is 0 Å². The van der Waals surface area contributed by atoms with E-state index in [-0.39, 0.29) is 48.5 Å². The summed E-state index contributed by atoms with van der Waals surface area (Å²) in [6, 6.07) is 9.33. The Hall–Kier alpha value is -3.57. The first-order valence-corrected chi connectivity index (χ1v) is 13.8. The van der Waals surface area contributed by atoms with E-state index < -0.39 is 29.8 Å². The highest BCUT2D eigenvalue weighted by molar-refractivity contribution is 6.30. The molecule has 2 aromatic carbocycles. The van der Waals surface area contributed by atoms with Crippen molar-refractivity contribution in [2.45, 2.75) is 39.0 Å². The lowest BCUT2D eigenvalue weighted by molar-refractivity contribution is -0.141. The summed E-state index contributed by atoms with van der Waals surface area (Å²) >= 11 is 5.95. The van der Waals surface area contributed by atoms with Crippen LogP contribution in [0.25, 0.3) is 0 Å². The number of esters is 1. The number of carbonyl (C=O) groups is 3. The molecule has 0 aliphatic carbocycles. The van der Waals surface area contributed by atoms with Crippen LogP contribution in [0.15, 0.2) is 59.8 Å². The Morgan fingerprint density at radius 2 is 1.76 bits per heavy atom. The van der Waals surface area contributed by atoms with Crippen molar-refractivity contribution in [3.63, 3.8) is 0 Å². The summed E-state index contributed by atoms with van der Waals surface area (Å²) in [4.78, 5) is 44.7. The smallest absolute Gasteiger partial charge is 0.416 e. The second-order valence-electron chi connectivity index (χ2n) is 9.88. The molecule has 4 rings (SSSR count). The first-order valence-electron chi connectivity index (χ1n) is 13.4. The third kappa shape index (κ3) is 6.51. The fourth-order valence-electron chi connectivity index (χ4n) is 5.35. The van der Waals surface area contributed by atoms with Gasteiger partial charge in [0.25, 0.3) is 5.91 Å². The standard InChI is InChI=1S/C29H32ClF3N4O4/c1-4-36-23(17-35-14-15-37(18(3)16-35)26(38)19-10-12-20(30)13-11-19)24(27(39)41-5-2)25(34-28(36)40)21-8-6-7-9-22(21)29(31,32)33/h6-13,18,25H,4-5,14-17H2,1-3H3,(H,34,40). The highest BCUT2D eigenvalue weighted by atomic mass is 35.5. The van der Waals surface area contributed by atoms with Crippen LogP contribution in [0.3, 0.4) is 0 Å². The number of piperazine rings is 1. The average Bonchev–Trinajstić information content (AvgIpc) is 2.92. The molecule has 3 amide bonds. The van der Waals surface area contributed by atoms with Gasteiger partial charge in [0.05, 0.1) is 23.8 Å². The number of carbonyl (C=O) groups excluding carboxylic acids is 3. The monoisotopic (exact) mass is 592 g/mol. The molecule has 2 aromatic rings. The number of amides is 3. The average molecular weight is 593 g/mol. The number of nitrogens with one attached hydrogen (secondary N) is 1. The van der Waals surface area contributed by atoms with Crippen molar-refractivity contribution in [2.24, 2.45) is 0 Å². The summed E-state index contributed by atoms with van der Waals surface area (Å²) in [6.07, 6.45) is -4.70. The normalized spacial score (nSPS) is 20.2. The van der Waals surface area contributed by atoms with Crippen LogP contribution in [-0.4, -0.2) is 78.0 Å². The zero-order chi connectivity index (χ0) is 29.9. The largest absolute Gasteiger partial charge is 0.463 e. The van der Waals surface area contributed by atoms with Gasteiger partial charge in [0, 0.05) is 55.0 Å². The van der Waals surface area contributed by atoms with Gasteiger partial charge in [0.2, 0.25) is 0 Å². The number of rotatable bonds is 7. The fourth-order valence-corrected chi connectivity index (χ4v) is 5.47. The Labute approximate surface area is 241 Å². The molecule has 1 N–H and O–H groups in total. The molecule has 220 valence electrons. The minimum atomic E-state index is -4.70. The van der Waals surface area contributed by atoms with E-state index >= 15 is 0 Å². The first-order chi connectivity index (χ1) is 19.5. The Morgan fingerprint density at radius 3 is 2.37 bits per heavy atom. The number of halogens is 4. The van der Waals surface area contributed by atoms with Crippen LogP contribution in [-0.2, 0) is 15.7 Å². The van der Waals surface area contributed by atoms with Gasteiger partial charge in [-0.15, -0.1) is 0 Å². The van der Waals surface area contributed by atoms with Crippen LogP contribution >= 0.6 is 11.6 Å². The van der Waals surface area contributed by atoms with Gasteiger partial charge < -0.3 is 15.0 Å². The highest BCUT2D eigenvalue weighted by Crippen LogP contribution is 2.39. The molecule has 2 unspecified atom stereocenters. The van der Waals surface area contributed by atoms with Crippen molar-refractivity contribution >= 4 is 29.5 Å². The molecule has 12 heteroatoms. The van der Waals surface area contributed by atoms with Gasteiger partial charge >= 0.3 is 18.2 Å². The van der Waals surface area contributed by atoms with E-state index in [9.17, 15) is 27.6 Å². The second kappa shape index (κ2) is 12.5. The van der Waals surface area contributed by atoms with Crippen molar-refractivity contribution in [1.82, 2.24) is 20.0 Å². The fraction of sp³-hybridized carbons (Fsp3) is 0.414. The minimum absolute atomic E-state index is 0.00579. The van der Waals surface area contributed by atoms with Crippen LogP contribution in [0.1, 0.15) is 48.3 Å². The summed E-state index contributed by atoms with van der Waals surface area (Å²) in [6.45, 7) is 6.74. The summed E-state index contributed by atoms with van der Waals surface area (Å²) in [5, 5.41) is 3.13. The summed E-state index contributed by atoms with van der Waals surface area (Å²) in [7, 11) is 0. The molecule has 2 aliphatic heterocycles. The molecule has 0 aromatic heterocycles. The molecular weight excluding hydrogens is 561 g/mol. The van der Waals surface area contributed by atoms with Crippen molar-refractivity contribution in [1.29, 1.82) is 0 Å². The zero-order valence-electron chi connectivity index (χ0n) is 23.0. The van der Waals surface area contributed by atoms with E-state index in [0.717, 1.165) is 6.07 Å². The van der Waals surface area contributed by atoms with Crippen LogP contribution in [0.4, 0.5) is 18.0 Å². The summed E-state index contributed by atoms with van der Waals surface area (Å²) < 4.78 is 47.2. The number of alkyl halides is 3. The predicted octanol–water partition coefficient (Wildman–Crippen LogP) is 5.11. The minimum Gasteiger partial charge on any atom is -0.463 e. The second-order valence-corrected chi connectivity index (χ2v) is 10.3. The van der Waals surface area contributed by atoms with Crippen molar-refractivity contribution in [2.75, 3.05) is 39.3 Å². The van der Waals surface area contributed by atoms with Gasteiger partial charge in [-0.05, 0) is 56.7 Å². The Bertz CT molecular complexity index is 1330. The van der Waals surface area contributed by atoms with Crippen LogP contribution in [0, 0.1) is 0 Å². The lowest BCUT2D eigenvalue weighted by Gasteiger charge is -2.43. The lowest BCUT2D eigenvalue weighted by Crippen LogP contribution is -2.56. The molecule has 1 saturated heterocycles. The highest BCUT2D eigenvalue weighted by Gasteiger charge is 2.43. The van der Waals surface area contributed by atoms with Gasteiger partial charge in [-0.3, -0.25) is 14.6 Å². The maximum atomic E-state index is 14.0. The third-order valence-electron chi connectivity index (χ3n) is 7.26. The molecule has 2 heterocycles. The molecule has 1 fully saturated rings. The molecule has 2 aliphatic rings. The van der Waals surface area contributed by atoms with Gasteiger partial charge in [-0.25, -0.2) is 9.59 Å². The Kier molecular flexibility index (Phi) is 9.28. The Morgan fingerprint density at radius 1 is 1.07 bits per heavy atom. The van der Waals surface area contributed by atoms with Crippen LogP contribution in [0.5, 0.6) is 0 Å². The van der Waals surface area contributed by atoms with Crippen LogP contribution < -0.4 is 5.32 Å². The van der Waals surface area contributed by atoms with E-state index in [2.05, 4.69) is 5.32 Å². The SMILES string of the molecule is CCOC(=O)C1=C(CN2CCN(C(=O)c3ccc(Cl)cc3)C(C)C2)N(CC)C(=O)NC1c1ccccc1C(F)(F)F. The quantitative estimate of drug-likeness (QED) is 0.452. The predicted molar refractivity (Wildman–Crippen MR) is 147 cm³/mol. The van der Waals surface area contributed by atoms with Gasteiger partial charge in [-0.2, -0.15) is 13.2 Å². The number of urea groups is 1. The number of benzene rings is 2. The van der Waals surface area contributed by atoms with Gasteiger partial charge in [0.15, 0.2) is 0 Å². The molecule has 0 spiro atoms. The summed E-state index contributed by atoms with van der Waals surface area (Å²) in [5.41, 5.74) is -0.441. The molecule has 0 bridgehead atoms. The third-order valence-corrected chi connectivity index (χ3v) is 7.52. The molecule has 2 atom stereocenters. The molecular formula is C29H32ClF3N4O4. The number of likely N-dealkylation sites (N-methyl/N-ethyl adjacent to an activating group) is 1. The molecule has 0 radical (unpaired) electrons.